The summed E-state index contributed by atoms with van der Waals surface area (Å²) in [6.07, 6.45) is 1.32. The fourth-order valence-corrected chi connectivity index (χ4v) is 2.99. The van der Waals surface area contributed by atoms with Crippen molar-refractivity contribution in [1.29, 1.82) is 0 Å². The normalized spacial score (nSPS) is 11.8. The van der Waals surface area contributed by atoms with Gasteiger partial charge in [0.05, 0.1) is 10.7 Å². The van der Waals surface area contributed by atoms with Crippen molar-refractivity contribution >= 4 is 33.1 Å². The Bertz CT molecular complexity index is 972. The number of para-hydroxylation sites is 1. The quantitative estimate of drug-likeness (QED) is 0.771. The number of aromatic nitrogens is 4. The van der Waals surface area contributed by atoms with Gasteiger partial charge in [-0.15, -0.1) is 5.10 Å². The van der Waals surface area contributed by atoms with Crippen LogP contribution in [-0.2, 0) is 16.7 Å². The lowest BCUT2D eigenvalue weighted by molar-refractivity contribution is 0.476. The van der Waals surface area contributed by atoms with Crippen LogP contribution in [0.1, 0.15) is 5.69 Å². The SMILES string of the molecule is O=S(=O)(Nc1c(F)cccc1Cl)c1nc2nc(CF)ccn2n1. The predicted molar refractivity (Wildman–Crippen MR) is 77.8 cm³/mol. The van der Waals surface area contributed by atoms with Crippen molar-refractivity contribution in [3.05, 3.63) is 47.0 Å². The number of benzene rings is 1. The number of hydrogen-bond acceptors (Lipinski definition) is 5. The second kappa shape index (κ2) is 5.70. The Morgan fingerprint density at radius 1 is 1.26 bits per heavy atom. The largest absolute Gasteiger partial charge is 0.299 e. The topological polar surface area (TPSA) is 89.2 Å². The maximum Gasteiger partial charge on any atom is 0.299 e. The third kappa shape index (κ3) is 2.94. The van der Waals surface area contributed by atoms with Crippen LogP contribution in [-0.4, -0.2) is 28.0 Å². The first-order valence-electron chi connectivity index (χ1n) is 6.16. The van der Waals surface area contributed by atoms with Crippen LogP contribution in [0.3, 0.4) is 0 Å². The zero-order valence-electron chi connectivity index (χ0n) is 11.2. The Balaban J connectivity index is 2.02. The van der Waals surface area contributed by atoms with Gasteiger partial charge in [-0.2, -0.15) is 13.4 Å². The van der Waals surface area contributed by atoms with E-state index >= 15 is 0 Å². The molecule has 0 aliphatic heterocycles. The molecule has 3 rings (SSSR count). The summed E-state index contributed by atoms with van der Waals surface area (Å²) in [6, 6.07) is 5.05. The van der Waals surface area contributed by atoms with Crippen LogP contribution in [0.15, 0.2) is 35.6 Å². The van der Waals surface area contributed by atoms with Crippen LogP contribution >= 0.6 is 11.6 Å². The molecule has 0 atom stereocenters. The second-order valence-corrected chi connectivity index (χ2v) is 6.38. The fourth-order valence-electron chi connectivity index (χ4n) is 1.76. The van der Waals surface area contributed by atoms with Crippen molar-refractivity contribution in [1.82, 2.24) is 19.6 Å². The second-order valence-electron chi connectivity index (χ2n) is 4.39. The Labute approximate surface area is 134 Å². The smallest absolute Gasteiger partial charge is 0.272 e. The summed E-state index contributed by atoms with van der Waals surface area (Å²) >= 11 is 5.77. The van der Waals surface area contributed by atoms with Gasteiger partial charge in [-0.3, -0.25) is 4.72 Å². The molecule has 0 bridgehead atoms. The molecule has 0 spiro atoms. The number of anilines is 1. The van der Waals surface area contributed by atoms with Crippen LogP contribution in [0.25, 0.3) is 5.78 Å². The van der Waals surface area contributed by atoms with E-state index in [1.165, 1.54) is 24.4 Å². The molecule has 0 saturated carbocycles. The zero-order chi connectivity index (χ0) is 16.6. The van der Waals surface area contributed by atoms with Gasteiger partial charge in [0.15, 0.2) is 0 Å². The maximum absolute atomic E-state index is 13.7. The molecule has 0 amide bonds. The van der Waals surface area contributed by atoms with Crippen LogP contribution in [0.5, 0.6) is 0 Å². The van der Waals surface area contributed by atoms with Gasteiger partial charge in [0.2, 0.25) is 0 Å². The standard InChI is InChI=1S/C12H8ClF2N5O2S/c13-8-2-1-3-9(15)10(8)19-23(21,22)12-17-11-16-7(6-14)4-5-20(11)18-12/h1-5,19H,6H2. The molecule has 0 aliphatic rings. The van der Waals surface area contributed by atoms with Gasteiger partial charge >= 0.3 is 0 Å². The average Bonchev–Trinajstić information content (AvgIpc) is 2.95. The summed E-state index contributed by atoms with van der Waals surface area (Å²) in [5, 5.41) is 2.97. The minimum atomic E-state index is -4.29. The molecule has 0 unspecified atom stereocenters. The Kier molecular flexibility index (Phi) is 3.86. The predicted octanol–water partition coefficient (Wildman–Crippen LogP) is 2.19. The van der Waals surface area contributed by atoms with E-state index in [9.17, 15) is 17.2 Å². The summed E-state index contributed by atoms with van der Waals surface area (Å²) < 4.78 is 53.8. The van der Waals surface area contributed by atoms with Crippen molar-refractivity contribution in [2.75, 3.05) is 4.72 Å². The van der Waals surface area contributed by atoms with E-state index in [4.69, 9.17) is 11.6 Å². The van der Waals surface area contributed by atoms with Gasteiger partial charge in [0.25, 0.3) is 21.0 Å². The highest BCUT2D eigenvalue weighted by molar-refractivity contribution is 7.92. The molecule has 3 aromatic rings. The molecular formula is C12H8ClF2N5O2S. The van der Waals surface area contributed by atoms with Gasteiger partial charge in [0, 0.05) is 6.20 Å². The highest BCUT2D eigenvalue weighted by Gasteiger charge is 2.23. The number of rotatable bonds is 4. The van der Waals surface area contributed by atoms with E-state index < -0.39 is 33.4 Å². The molecule has 1 aromatic carbocycles. The van der Waals surface area contributed by atoms with E-state index in [0.29, 0.717) is 0 Å². The number of hydrogen-bond donors (Lipinski definition) is 1. The minimum absolute atomic E-state index is 0.0824. The van der Waals surface area contributed by atoms with Gasteiger partial charge in [-0.1, -0.05) is 17.7 Å². The van der Waals surface area contributed by atoms with Gasteiger partial charge in [-0.25, -0.2) is 18.3 Å². The summed E-state index contributed by atoms with van der Waals surface area (Å²) in [5.41, 5.74) is -0.329. The molecule has 7 nitrogen and oxygen atoms in total. The molecule has 0 fully saturated rings. The average molecular weight is 360 g/mol. The van der Waals surface area contributed by atoms with E-state index in [2.05, 4.69) is 15.1 Å². The highest BCUT2D eigenvalue weighted by Crippen LogP contribution is 2.26. The number of halogens is 3. The third-order valence-corrected chi connectivity index (χ3v) is 4.26. The van der Waals surface area contributed by atoms with Gasteiger partial charge in [0.1, 0.15) is 18.2 Å². The molecule has 0 saturated heterocycles. The monoisotopic (exact) mass is 359 g/mol. The van der Waals surface area contributed by atoms with Crippen molar-refractivity contribution < 1.29 is 17.2 Å². The summed E-state index contributed by atoms with van der Waals surface area (Å²) in [5.74, 6) is -0.942. The first-order valence-corrected chi connectivity index (χ1v) is 8.02. The number of alkyl halides is 1. The molecule has 11 heteroatoms. The fraction of sp³-hybridized carbons (Fsp3) is 0.0833. The maximum atomic E-state index is 13.7. The zero-order valence-corrected chi connectivity index (χ0v) is 12.8. The lowest BCUT2D eigenvalue weighted by atomic mass is 10.3. The Morgan fingerprint density at radius 2 is 2.04 bits per heavy atom. The Morgan fingerprint density at radius 3 is 2.74 bits per heavy atom. The van der Waals surface area contributed by atoms with Crippen molar-refractivity contribution in [3.8, 4) is 0 Å². The van der Waals surface area contributed by atoms with Crippen LogP contribution in [0.4, 0.5) is 14.5 Å². The number of nitrogens with zero attached hydrogens (tertiary/aromatic N) is 4. The molecule has 2 heterocycles. The van der Waals surface area contributed by atoms with Gasteiger partial charge in [-0.05, 0) is 18.2 Å². The molecule has 0 aliphatic carbocycles. The summed E-state index contributed by atoms with van der Waals surface area (Å²) in [7, 11) is -4.29. The number of sulfonamides is 1. The van der Waals surface area contributed by atoms with Crippen molar-refractivity contribution in [2.45, 2.75) is 11.8 Å². The summed E-state index contributed by atoms with van der Waals surface area (Å²) in [4.78, 5) is 7.50. The van der Waals surface area contributed by atoms with Gasteiger partial charge < -0.3 is 0 Å². The lowest BCUT2D eigenvalue weighted by Crippen LogP contribution is -2.16. The van der Waals surface area contributed by atoms with Crippen LogP contribution in [0, 0.1) is 5.82 Å². The first kappa shape index (κ1) is 15.6. The third-order valence-electron chi connectivity index (χ3n) is 2.82. The highest BCUT2D eigenvalue weighted by atomic mass is 35.5. The lowest BCUT2D eigenvalue weighted by Gasteiger charge is -2.07. The van der Waals surface area contributed by atoms with E-state index in [1.54, 1.807) is 0 Å². The molecule has 23 heavy (non-hydrogen) atoms. The minimum Gasteiger partial charge on any atom is -0.272 e. The molecule has 1 N–H and O–H groups in total. The number of nitrogens with one attached hydrogen (secondary N) is 1. The van der Waals surface area contributed by atoms with Crippen molar-refractivity contribution in [2.24, 2.45) is 0 Å². The summed E-state index contributed by atoms with van der Waals surface area (Å²) in [6.45, 7) is -0.825. The number of fused-ring (bicyclic) bond motifs is 1. The van der Waals surface area contributed by atoms with Crippen LogP contribution < -0.4 is 4.72 Å². The molecule has 120 valence electrons. The van der Waals surface area contributed by atoms with E-state index in [0.717, 1.165) is 10.6 Å². The molecule has 0 radical (unpaired) electrons. The Hall–Kier alpha value is -2.33. The van der Waals surface area contributed by atoms with Crippen molar-refractivity contribution in [3.63, 3.8) is 0 Å². The first-order chi connectivity index (χ1) is 10.9. The molecule has 2 aromatic heterocycles. The van der Waals surface area contributed by atoms with E-state index in [1.807, 2.05) is 4.72 Å². The van der Waals surface area contributed by atoms with E-state index in [-0.39, 0.29) is 16.5 Å². The molecular weight excluding hydrogens is 352 g/mol. The van der Waals surface area contributed by atoms with Crippen LogP contribution in [0.2, 0.25) is 5.02 Å².